The van der Waals surface area contributed by atoms with Gasteiger partial charge in [-0.2, -0.15) is 0 Å². The summed E-state index contributed by atoms with van der Waals surface area (Å²) in [6, 6.07) is 4.90. The molecule has 2 aliphatic rings. The minimum Gasteiger partial charge on any atom is -0.363 e. The van der Waals surface area contributed by atoms with E-state index in [-0.39, 0.29) is 5.82 Å². The van der Waals surface area contributed by atoms with E-state index in [0.717, 1.165) is 49.4 Å². The quantitative estimate of drug-likeness (QED) is 0.857. The number of aromatic nitrogens is 3. The predicted octanol–water partition coefficient (Wildman–Crippen LogP) is 1.83. The van der Waals surface area contributed by atoms with Crippen LogP contribution in [-0.4, -0.2) is 40.0 Å². The van der Waals surface area contributed by atoms with Gasteiger partial charge < -0.3 is 16.0 Å². The second-order valence-corrected chi connectivity index (χ2v) is 7.54. The first-order valence-corrected chi connectivity index (χ1v) is 9.62. The Morgan fingerprint density at radius 1 is 1.30 bits per heavy atom. The van der Waals surface area contributed by atoms with Crippen LogP contribution in [0.4, 0.5) is 5.82 Å². The minimum absolute atomic E-state index is 0.0925. The Labute approximate surface area is 159 Å². The summed E-state index contributed by atoms with van der Waals surface area (Å²) in [7, 11) is 0. The van der Waals surface area contributed by atoms with Gasteiger partial charge in [0.25, 0.3) is 5.91 Å². The topological polar surface area (TPSA) is 97.0 Å². The van der Waals surface area contributed by atoms with Crippen LogP contribution in [0.2, 0.25) is 0 Å². The molecular formula is C20H26N6O. The number of nitrogens with two attached hydrogens (primary N) is 1. The molecule has 4 rings (SSSR count). The molecule has 0 spiro atoms. The average Bonchev–Trinajstić information content (AvgIpc) is 3.12. The molecule has 142 valence electrons. The van der Waals surface area contributed by atoms with Gasteiger partial charge in [0.15, 0.2) is 0 Å². The van der Waals surface area contributed by atoms with Gasteiger partial charge in [0.2, 0.25) is 5.82 Å². The summed E-state index contributed by atoms with van der Waals surface area (Å²) in [6.45, 7) is 5.64. The van der Waals surface area contributed by atoms with E-state index in [9.17, 15) is 4.79 Å². The molecule has 2 atom stereocenters. The molecule has 1 aliphatic heterocycles. The smallest absolute Gasteiger partial charge is 0.286 e. The van der Waals surface area contributed by atoms with Crippen LogP contribution in [0.1, 0.15) is 58.4 Å². The molecule has 3 N–H and O–H groups in total. The molecule has 1 saturated heterocycles. The molecule has 0 saturated carbocycles. The number of anilines is 1. The SMILES string of the molecule is Cc1nc(C(N)=O)nc(N2CC[C@@H](NC3CCCc4cccnc43)C2)c1C. The van der Waals surface area contributed by atoms with Crippen molar-refractivity contribution in [3.05, 3.63) is 46.7 Å². The third kappa shape index (κ3) is 3.51. The van der Waals surface area contributed by atoms with Crippen molar-refractivity contribution in [2.24, 2.45) is 5.73 Å². The molecule has 1 aliphatic carbocycles. The lowest BCUT2D eigenvalue weighted by Gasteiger charge is -2.28. The van der Waals surface area contributed by atoms with Crippen molar-refractivity contribution in [2.75, 3.05) is 18.0 Å². The molecule has 27 heavy (non-hydrogen) atoms. The van der Waals surface area contributed by atoms with E-state index in [1.54, 1.807) is 0 Å². The summed E-state index contributed by atoms with van der Waals surface area (Å²) in [5, 5.41) is 3.81. The fourth-order valence-electron chi connectivity index (χ4n) is 4.18. The maximum Gasteiger partial charge on any atom is 0.286 e. The lowest BCUT2D eigenvalue weighted by Crippen LogP contribution is -2.37. The highest BCUT2D eigenvalue weighted by atomic mass is 16.1. The number of rotatable bonds is 4. The second kappa shape index (κ2) is 7.23. The van der Waals surface area contributed by atoms with Crippen LogP contribution in [0.15, 0.2) is 18.3 Å². The number of fused-ring (bicyclic) bond motifs is 1. The Bertz CT molecular complexity index is 868. The zero-order chi connectivity index (χ0) is 19.0. The van der Waals surface area contributed by atoms with E-state index in [1.165, 1.54) is 17.7 Å². The van der Waals surface area contributed by atoms with E-state index in [1.807, 2.05) is 26.1 Å². The van der Waals surface area contributed by atoms with E-state index in [0.29, 0.717) is 12.1 Å². The number of nitrogens with zero attached hydrogens (tertiary/aromatic N) is 4. The average molecular weight is 366 g/mol. The van der Waals surface area contributed by atoms with Gasteiger partial charge in [0.05, 0.1) is 11.7 Å². The molecule has 7 heteroatoms. The lowest BCUT2D eigenvalue weighted by atomic mass is 9.91. The van der Waals surface area contributed by atoms with Gasteiger partial charge in [-0.1, -0.05) is 6.07 Å². The molecule has 1 unspecified atom stereocenters. The highest BCUT2D eigenvalue weighted by Crippen LogP contribution is 2.30. The van der Waals surface area contributed by atoms with E-state index >= 15 is 0 Å². The fraction of sp³-hybridized carbons (Fsp3) is 0.500. The highest BCUT2D eigenvalue weighted by molar-refractivity contribution is 5.89. The number of amides is 1. The third-order valence-electron chi connectivity index (χ3n) is 5.70. The van der Waals surface area contributed by atoms with Crippen molar-refractivity contribution in [1.29, 1.82) is 0 Å². The number of primary amides is 1. The molecule has 1 amide bonds. The van der Waals surface area contributed by atoms with E-state index < -0.39 is 5.91 Å². The first-order valence-electron chi connectivity index (χ1n) is 9.62. The van der Waals surface area contributed by atoms with Gasteiger partial charge in [0.1, 0.15) is 5.82 Å². The number of carbonyl (C=O) groups is 1. The number of hydrogen-bond acceptors (Lipinski definition) is 6. The summed E-state index contributed by atoms with van der Waals surface area (Å²) in [4.78, 5) is 27.0. The van der Waals surface area contributed by atoms with Gasteiger partial charge in [-0.25, -0.2) is 9.97 Å². The zero-order valence-electron chi connectivity index (χ0n) is 15.9. The number of nitrogens with one attached hydrogen (secondary N) is 1. The highest BCUT2D eigenvalue weighted by Gasteiger charge is 2.30. The minimum atomic E-state index is -0.585. The summed E-state index contributed by atoms with van der Waals surface area (Å²) in [5.74, 6) is 0.329. The van der Waals surface area contributed by atoms with Crippen molar-refractivity contribution < 1.29 is 4.79 Å². The Morgan fingerprint density at radius 3 is 2.96 bits per heavy atom. The van der Waals surface area contributed by atoms with Crippen LogP contribution in [0, 0.1) is 13.8 Å². The van der Waals surface area contributed by atoms with Crippen LogP contribution >= 0.6 is 0 Å². The molecule has 0 bridgehead atoms. The van der Waals surface area contributed by atoms with Gasteiger partial charge in [-0.3, -0.25) is 9.78 Å². The van der Waals surface area contributed by atoms with Crippen LogP contribution in [0.25, 0.3) is 0 Å². The molecule has 7 nitrogen and oxygen atoms in total. The second-order valence-electron chi connectivity index (χ2n) is 7.54. The van der Waals surface area contributed by atoms with Gasteiger partial charge in [0, 0.05) is 36.6 Å². The first kappa shape index (κ1) is 17.9. The van der Waals surface area contributed by atoms with Gasteiger partial charge in [-0.15, -0.1) is 0 Å². The predicted molar refractivity (Wildman–Crippen MR) is 104 cm³/mol. The van der Waals surface area contributed by atoms with Crippen LogP contribution in [-0.2, 0) is 6.42 Å². The molecule has 2 aromatic heterocycles. The molecule has 0 radical (unpaired) electrons. The maximum atomic E-state index is 11.5. The molecule has 2 aromatic rings. The summed E-state index contributed by atoms with van der Waals surface area (Å²) < 4.78 is 0. The zero-order valence-corrected chi connectivity index (χ0v) is 15.9. The van der Waals surface area contributed by atoms with E-state index in [4.69, 9.17) is 5.73 Å². The fourth-order valence-corrected chi connectivity index (χ4v) is 4.18. The first-order chi connectivity index (χ1) is 13.0. The van der Waals surface area contributed by atoms with Crippen LogP contribution in [0.5, 0.6) is 0 Å². The van der Waals surface area contributed by atoms with Crippen molar-refractivity contribution in [2.45, 2.75) is 51.6 Å². The number of carbonyl (C=O) groups excluding carboxylic acids is 1. The van der Waals surface area contributed by atoms with Crippen molar-refractivity contribution in [3.8, 4) is 0 Å². The molecule has 1 fully saturated rings. The Kier molecular flexibility index (Phi) is 4.78. The van der Waals surface area contributed by atoms with E-state index in [2.05, 4.69) is 31.2 Å². The number of hydrogen-bond donors (Lipinski definition) is 2. The standard InChI is InChI=1S/C20H26N6O/c1-12-13(2)23-19(18(21)27)25-20(12)26-10-8-15(11-26)24-16-7-3-5-14-6-4-9-22-17(14)16/h4,6,9,15-16,24H,3,5,7-8,10-11H2,1-2H3,(H2,21,27)/t15-,16?/m1/s1. The van der Waals surface area contributed by atoms with Crippen LogP contribution < -0.4 is 16.0 Å². The molecule has 3 heterocycles. The number of aryl methyl sites for hydroxylation is 2. The lowest BCUT2D eigenvalue weighted by molar-refractivity contribution is 0.0990. The third-order valence-corrected chi connectivity index (χ3v) is 5.70. The monoisotopic (exact) mass is 366 g/mol. The largest absolute Gasteiger partial charge is 0.363 e. The van der Waals surface area contributed by atoms with Crippen molar-refractivity contribution >= 4 is 11.7 Å². The van der Waals surface area contributed by atoms with Gasteiger partial charge >= 0.3 is 0 Å². The Balaban J connectivity index is 1.50. The summed E-state index contributed by atoms with van der Waals surface area (Å²) >= 11 is 0. The summed E-state index contributed by atoms with van der Waals surface area (Å²) in [6.07, 6.45) is 6.36. The maximum absolute atomic E-state index is 11.5. The normalized spacial score (nSPS) is 21.9. The van der Waals surface area contributed by atoms with Crippen molar-refractivity contribution in [3.63, 3.8) is 0 Å². The molecular weight excluding hydrogens is 340 g/mol. The van der Waals surface area contributed by atoms with Gasteiger partial charge in [-0.05, 0) is 51.2 Å². The van der Waals surface area contributed by atoms with Crippen molar-refractivity contribution in [1.82, 2.24) is 20.3 Å². The van der Waals surface area contributed by atoms with Crippen LogP contribution in [0.3, 0.4) is 0 Å². The number of pyridine rings is 1. The summed E-state index contributed by atoms with van der Waals surface area (Å²) in [5.41, 5.74) is 9.77. The Morgan fingerprint density at radius 2 is 2.15 bits per heavy atom. The Hall–Kier alpha value is -2.54. The molecule has 0 aromatic carbocycles.